The van der Waals surface area contributed by atoms with Crippen LogP contribution in [0.15, 0.2) is 42.0 Å². The highest BCUT2D eigenvalue weighted by molar-refractivity contribution is 5.92. The first kappa shape index (κ1) is 25.0. The first-order valence-corrected chi connectivity index (χ1v) is 11.9. The third kappa shape index (κ3) is 4.80. The highest BCUT2D eigenvalue weighted by Gasteiger charge is 2.25. The molecule has 13 nitrogen and oxygen atoms in total. The molecule has 4 aromatic rings. The van der Waals surface area contributed by atoms with Crippen molar-refractivity contribution in [3.63, 3.8) is 0 Å². The van der Waals surface area contributed by atoms with E-state index >= 15 is 0 Å². The molecule has 3 heterocycles. The molecule has 1 aromatic carbocycles. The third-order valence-electron chi connectivity index (χ3n) is 6.37. The molecule has 196 valence electrons. The van der Waals surface area contributed by atoms with E-state index in [1.54, 1.807) is 0 Å². The van der Waals surface area contributed by atoms with Crippen LogP contribution < -0.4 is 20.8 Å². The van der Waals surface area contributed by atoms with Crippen LogP contribution in [-0.2, 0) is 19.6 Å². The second-order valence-electron chi connectivity index (χ2n) is 8.88. The number of imidazole rings is 1. The van der Waals surface area contributed by atoms with Gasteiger partial charge < -0.3 is 20.2 Å². The number of rotatable bonds is 11. The van der Waals surface area contributed by atoms with Crippen molar-refractivity contribution in [3.05, 3.63) is 70.7 Å². The van der Waals surface area contributed by atoms with Crippen molar-refractivity contribution in [2.45, 2.75) is 38.4 Å². The number of nitrogens with one attached hydrogen (secondary N) is 3. The number of pyridine rings is 1. The Hall–Kier alpha value is -4.72. The Morgan fingerprint density at radius 2 is 2.18 bits per heavy atom. The van der Waals surface area contributed by atoms with E-state index in [-0.39, 0.29) is 29.2 Å². The number of amides is 1. The van der Waals surface area contributed by atoms with Crippen molar-refractivity contribution in [1.29, 1.82) is 10.9 Å². The largest absolute Gasteiger partial charge is 0.494 e. The van der Waals surface area contributed by atoms with E-state index in [4.69, 9.17) is 26.4 Å². The monoisotopic (exact) mass is 519 g/mol. The molecule has 3 aromatic heterocycles. The number of benzene rings is 1. The third-order valence-corrected chi connectivity index (χ3v) is 6.37. The molecular formula is C24H26FN11O2. The Morgan fingerprint density at radius 3 is 2.87 bits per heavy atom. The van der Waals surface area contributed by atoms with Crippen LogP contribution in [0.5, 0.6) is 5.75 Å². The smallest absolute Gasteiger partial charge is 0.273 e. The van der Waals surface area contributed by atoms with Crippen LogP contribution >= 0.6 is 0 Å². The normalized spacial score (nSPS) is 12.9. The molecule has 0 saturated heterocycles. The Balaban J connectivity index is 1.31. The molecule has 0 bridgehead atoms. The fourth-order valence-electron chi connectivity index (χ4n) is 4.30. The molecule has 0 unspecified atom stereocenters. The summed E-state index contributed by atoms with van der Waals surface area (Å²) in [5.41, 5.74) is 17.1. The number of anilines is 1. The maximum absolute atomic E-state index is 15.0. The van der Waals surface area contributed by atoms with Crippen molar-refractivity contribution in [1.82, 2.24) is 29.7 Å². The second-order valence-corrected chi connectivity index (χ2v) is 8.88. The fraction of sp³-hybridized carbons (Fsp3) is 0.292. The zero-order valence-electron chi connectivity index (χ0n) is 20.6. The lowest BCUT2D eigenvalue weighted by atomic mass is 10.1. The Morgan fingerprint density at radius 1 is 1.37 bits per heavy atom. The van der Waals surface area contributed by atoms with Crippen molar-refractivity contribution in [3.8, 4) is 5.75 Å². The Labute approximate surface area is 216 Å². The van der Waals surface area contributed by atoms with E-state index in [0.29, 0.717) is 19.0 Å². The highest BCUT2D eigenvalue weighted by Crippen LogP contribution is 2.40. The number of aromatic nitrogens is 5. The minimum absolute atomic E-state index is 0.00410. The van der Waals surface area contributed by atoms with E-state index < -0.39 is 11.7 Å². The quantitative estimate of drug-likeness (QED) is 0.102. The van der Waals surface area contributed by atoms with E-state index in [1.165, 1.54) is 48.5 Å². The van der Waals surface area contributed by atoms with E-state index in [9.17, 15) is 9.18 Å². The van der Waals surface area contributed by atoms with Crippen molar-refractivity contribution in [2.75, 3.05) is 12.1 Å². The van der Waals surface area contributed by atoms with E-state index in [2.05, 4.69) is 33.1 Å². The molecule has 1 aliphatic rings. The number of nitrogens with zero attached hydrogens (tertiary/aromatic N) is 7. The number of halogens is 1. The van der Waals surface area contributed by atoms with Crippen molar-refractivity contribution < 1.29 is 13.9 Å². The standard InChI is InChI=1S/C24H26FN11O2/c1-38-21-5-4-20(36(13-27)32-28)18(22(21)25)8-29-24(37)19-12-35(33-31-19)11-17-10-34-9-16(14-2-3-14)6-15(7-26)23(34)30-17/h4-6,9-10,12-14,27-28H,2-3,7-8,11,26H2,1H3,(H,29,37). The van der Waals surface area contributed by atoms with Gasteiger partial charge in [0.25, 0.3) is 5.91 Å². The first-order chi connectivity index (χ1) is 18.4. The lowest BCUT2D eigenvalue weighted by Crippen LogP contribution is -2.25. The van der Waals surface area contributed by atoms with Gasteiger partial charge in [-0.15, -0.1) is 5.10 Å². The van der Waals surface area contributed by atoms with Gasteiger partial charge >= 0.3 is 0 Å². The maximum atomic E-state index is 15.0. The molecule has 0 spiro atoms. The number of carbonyl (C=O) groups is 1. The van der Waals surface area contributed by atoms with Crippen LogP contribution in [0.2, 0.25) is 0 Å². The number of nitrogens with two attached hydrogens (primary N) is 1. The summed E-state index contributed by atoms with van der Waals surface area (Å²) < 4.78 is 23.4. The minimum atomic E-state index is -0.738. The lowest BCUT2D eigenvalue weighted by Gasteiger charge is -2.17. The van der Waals surface area contributed by atoms with Crippen LogP contribution in [0.25, 0.3) is 5.65 Å². The Bertz CT molecular complexity index is 1520. The SMILES string of the molecule is COc1ccc(N(C=N)N=N)c(CNC(=O)c2cn(Cc3cn4cc(C5CC5)cc(CN)c4n3)nn2)c1F. The molecule has 14 heteroatoms. The van der Waals surface area contributed by atoms with Crippen molar-refractivity contribution >= 4 is 23.6 Å². The molecule has 5 rings (SSSR count). The maximum Gasteiger partial charge on any atom is 0.273 e. The fourth-order valence-corrected chi connectivity index (χ4v) is 4.30. The van der Waals surface area contributed by atoms with Crippen LogP contribution in [-0.4, -0.2) is 43.7 Å². The predicted molar refractivity (Wildman–Crippen MR) is 135 cm³/mol. The van der Waals surface area contributed by atoms with Crippen LogP contribution in [0, 0.1) is 16.8 Å². The van der Waals surface area contributed by atoms with Gasteiger partial charge in [0, 0.05) is 36.6 Å². The van der Waals surface area contributed by atoms with Crippen molar-refractivity contribution in [2.24, 2.45) is 11.0 Å². The number of hydrogen-bond acceptors (Lipinski definition) is 9. The van der Waals surface area contributed by atoms with E-state index in [0.717, 1.165) is 28.3 Å². The van der Waals surface area contributed by atoms with Crippen LogP contribution in [0.4, 0.5) is 10.1 Å². The van der Waals surface area contributed by atoms with Gasteiger partial charge in [-0.3, -0.25) is 10.2 Å². The summed E-state index contributed by atoms with van der Waals surface area (Å²) in [5, 5.41) is 22.0. The van der Waals surface area contributed by atoms with Gasteiger partial charge in [0.2, 0.25) is 0 Å². The average molecular weight is 520 g/mol. The highest BCUT2D eigenvalue weighted by atomic mass is 19.1. The lowest BCUT2D eigenvalue weighted by molar-refractivity contribution is 0.0945. The van der Waals surface area contributed by atoms with Gasteiger partial charge in [-0.25, -0.2) is 19.1 Å². The van der Waals surface area contributed by atoms with Crippen LogP contribution in [0.1, 0.15) is 51.6 Å². The topological polar surface area (TPSA) is 176 Å². The molecule has 1 fully saturated rings. The number of fused-ring (bicyclic) bond motifs is 1. The summed E-state index contributed by atoms with van der Waals surface area (Å²) >= 11 is 0. The summed E-state index contributed by atoms with van der Waals surface area (Å²) in [6.07, 6.45) is 8.61. The molecule has 0 radical (unpaired) electrons. The molecule has 0 atom stereocenters. The first-order valence-electron chi connectivity index (χ1n) is 11.9. The summed E-state index contributed by atoms with van der Waals surface area (Å²) in [6, 6.07) is 4.92. The summed E-state index contributed by atoms with van der Waals surface area (Å²) in [5.74, 6) is -0.780. The molecular weight excluding hydrogens is 493 g/mol. The van der Waals surface area contributed by atoms with Gasteiger partial charge in [0.15, 0.2) is 17.3 Å². The van der Waals surface area contributed by atoms with Crippen LogP contribution in [0.3, 0.4) is 0 Å². The number of hydrogen-bond donors (Lipinski definition) is 4. The Kier molecular flexibility index (Phi) is 6.79. The van der Waals surface area contributed by atoms with Gasteiger partial charge in [-0.05, 0) is 42.5 Å². The number of ether oxygens (including phenoxy) is 1. The second kappa shape index (κ2) is 10.3. The molecule has 0 aliphatic heterocycles. The van der Waals surface area contributed by atoms with Gasteiger partial charge in [0.1, 0.15) is 12.0 Å². The van der Waals surface area contributed by atoms with Gasteiger partial charge in [-0.1, -0.05) is 10.4 Å². The number of carbonyl (C=O) groups excluding carboxylic acids is 1. The molecule has 38 heavy (non-hydrogen) atoms. The molecule has 1 aliphatic carbocycles. The summed E-state index contributed by atoms with van der Waals surface area (Å²) in [6.45, 7) is 0.414. The van der Waals surface area contributed by atoms with E-state index in [1.807, 2.05) is 10.6 Å². The predicted octanol–water partition coefficient (Wildman–Crippen LogP) is 2.75. The van der Waals surface area contributed by atoms with Gasteiger partial charge in [-0.2, -0.15) is 5.53 Å². The minimum Gasteiger partial charge on any atom is -0.494 e. The summed E-state index contributed by atoms with van der Waals surface area (Å²) in [7, 11) is 1.31. The molecule has 5 N–H and O–H groups in total. The van der Waals surface area contributed by atoms with Gasteiger partial charge in [0.05, 0.1) is 31.2 Å². The summed E-state index contributed by atoms with van der Waals surface area (Å²) in [4.78, 5) is 17.5. The zero-order valence-corrected chi connectivity index (χ0v) is 20.6. The molecule has 1 amide bonds. The zero-order chi connectivity index (χ0) is 26.8. The molecule has 1 saturated carbocycles. The number of methoxy groups -OCH3 is 1. The average Bonchev–Trinajstić information content (AvgIpc) is 3.54.